The predicted octanol–water partition coefficient (Wildman–Crippen LogP) is 3.89. The number of methoxy groups -OCH3 is 1. The van der Waals surface area contributed by atoms with Gasteiger partial charge in [-0.2, -0.15) is 11.3 Å². The lowest BCUT2D eigenvalue weighted by Crippen LogP contribution is -2.49. The van der Waals surface area contributed by atoms with Crippen LogP contribution < -0.4 is 10.1 Å². The molecule has 1 aliphatic heterocycles. The molecule has 6 heteroatoms. The Bertz CT molecular complexity index is 852. The van der Waals surface area contributed by atoms with E-state index in [1.807, 2.05) is 22.4 Å². The number of nitrogens with zero attached hydrogens (tertiary/aromatic N) is 1. The van der Waals surface area contributed by atoms with Gasteiger partial charge in [-0.3, -0.25) is 9.59 Å². The van der Waals surface area contributed by atoms with Gasteiger partial charge in [0.15, 0.2) is 0 Å². The molecule has 0 radical (unpaired) electrons. The molecule has 1 aromatic carbocycles. The van der Waals surface area contributed by atoms with E-state index >= 15 is 0 Å². The fourth-order valence-corrected chi connectivity index (χ4v) is 5.53. The SMILES string of the molecule is COc1ccccc1C(=O)N1[C@H](C(=O)NCCc2ccsc2)C[C@@H]2CCCC[C@@H]21. The Balaban J connectivity index is 1.52. The van der Waals surface area contributed by atoms with Crippen molar-refractivity contribution in [2.24, 2.45) is 5.92 Å². The zero-order valence-corrected chi connectivity index (χ0v) is 17.6. The maximum Gasteiger partial charge on any atom is 0.258 e. The van der Waals surface area contributed by atoms with Crippen molar-refractivity contribution >= 4 is 23.2 Å². The van der Waals surface area contributed by atoms with E-state index in [0.717, 1.165) is 32.1 Å². The van der Waals surface area contributed by atoms with E-state index in [2.05, 4.69) is 16.8 Å². The molecule has 2 aromatic rings. The number of rotatable bonds is 6. The second-order valence-electron chi connectivity index (χ2n) is 7.95. The van der Waals surface area contributed by atoms with Crippen LogP contribution in [-0.2, 0) is 11.2 Å². The third-order valence-corrected chi connectivity index (χ3v) is 6.99. The molecule has 0 unspecified atom stereocenters. The Labute approximate surface area is 176 Å². The Morgan fingerprint density at radius 1 is 1.21 bits per heavy atom. The van der Waals surface area contributed by atoms with Crippen LogP contribution in [0.25, 0.3) is 0 Å². The summed E-state index contributed by atoms with van der Waals surface area (Å²) < 4.78 is 5.42. The minimum atomic E-state index is -0.400. The molecular weight excluding hydrogens is 384 g/mol. The summed E-state index contributed by atoms with van der Waals surface area (Å²) in [5.74, 6) is 0.858. The number of thiophene rings is 1. The first-order valence-corrected chi connectivity index (χ1v) is 11.4. The maximum absolute atomic E-state index is 13.5. The van der Waals surface area contributed by atoms with Crippen LogP contribution in [0.4, 0.5) is 0 Å². The summed E-state index contributed by atoms with van der Waals surface area (Å²) in [6.45, 7) is 0.595. The van der Waals surface area contributed by atoms with Crippen molar-refractivity contribution in [3.63, 3.8) is 0 Å². The lowest BCUT2D eigenvalue weighted by Gasteiger charge is -2.34. The van der Waals surface area contributed by atoms with E-state index in [9.17, 15) is 9.59 Å². The minimum absolute atomic E-state index is 0.0297. The van der Waals surface area contributed by atoms with Crippen LogP contribution in [0.3, 0.4) is 0 Å². The molecule has 2 aliphatic rings. The first kappa shape index (κ1) is 20.0. The highest BCUT2D eigenvalue weighted by atomic mass is 32.1. The van der Waals surface area contributed by atoms with Crippen LogP contribution in [0.2, 0.25) is 0 Å². The molecule has 4 rings (SSSR count). The zero-order chi connectivity index (χ0) is 20.2. The fourth-order valence-electron chi connectivity index (χ4n) is 4.83. The average Bonchev–Trinajstić information content (AvgIpc) is 3.41. The van der Waals surface area contributed by atoms with Crippen molar-refractivity contribution in [2.75, 3.05) is 13.7 Å². The molecule has 1 aliphatic carbocycles. The fraction of sp³-hybridized carbons (Fsp3) is 0.478. The van der Waals surface area contributed by atoms with Crippen molar-refractivity contribution in [3.05, 3.63) is 52.2 Å². The number of benzene rings is 1. The molecule has 1 aromatic heterocycles. The highest BCUT2D eigenvalue weighted by molar-refractivity contribution is 7.07. The number of para-hydroxylation sites is 1. The van der Waals surface area contributed by atoms with Crippen LogP contribution in [0, 0.1) is 5.92 Å². The first-order valence-electron chi connectivity index (χ1n) is 10.4. The van der Waals surface area contributed by atoms with Gasteiger partial charge in [-0.15, -0.1) is 0 Å². The second kappa shape index (κ2) is 8.99. The molecule has 1 saturated heterocycles. The number of amides is 2. The van der Waals surface area contributed by atoms with E-state index in [0.29, 0.717) is 23.8 Å². The summed E-state index contributed by atoms with van der Waals surface area (Å²) in [5, 5.41) is 7.23. The normalized spacial score (nSPS) is 23.5. The number of likely N-dealkylation sites (tertiary alicyclic amines) is 1. The van der Waals surface area contributed by atoms with Crippen LogP contribution in [-0.4, -0.2) is 42.5 Å². The number of fused-ring (bicyclic) bond motifs is 1. The summed E-state index contributed by atoms with van der Waals surface area (Å²) >= 11 is 1.67. The van der Waals surface area contributed by atoms with E-state index in [-0.39, 0.29) is 17.9 Å². The number of carbonyl (C=O) groups is 2. The number of hydrogen-bond donors (Lipinski definition) is 1. The molecule has 5 nitrogen and oxygen atoms in total. The molecule has 0 bridgehead atoms. The molecule has 29 heavy (non-hydrogen) atoms. The number of ether oxygens (including phenoxy) is 1. The molecular formula is C23H28N2O3S. The van der Waals surface area contributed by atoms with Gasteiger partial charge < -0.3 is 15.0 Å². The lowest BCUT2D eigenvalue weighted by atomic mass is 9.84. The highest BCUT2D eigenvalue weighted by Crippen LogP contribution is 2.41. The molecule has 0 spiro atoms. The molecule has 1 saturated carbocycles. The van der Waals surface area contributed by atoms with Gasteiger partial charge in [0, 0.05) is 12.6 Å². The Kier molecular flexibility index (Phi) is 6.19. The van der Waals surface area contributed by atoms with Gasteiger partial charge in [0.25, 0.3) is 5.91 Å². The van der Waals surface area contributed by atoms with Crippen LogP contribution >= 0.6 is 11.3 Å². The standard InChI is InChI=1S/C23H28N2O3S/c1-28-21-9-5-3-7-18(21)23(27)25-19-8-4-2-6-17(19)14-20(25)22(26)24-12-10-16-11-13-29-15-16/h3,5,7,9,11,13,15,17,19-20H,2,4,6,8,10,12,14H2,1H3,(H,24,26)/t17-,19-,20-/m0/s1. The quantitative estimate of drug-likeness (QED) is 0.783. The predicted molar refractivity (Wildman–Crippen MR) is 114 cm³/mol. The molecule has 154 valence electrons. The number of hydrogen-bond acceptors (Lipinski definition) is 4. The van der Waals surface area contributed by atoms with Crippen LogP contribution in [0.1, 0.15) is 48.0 Å². The van der Waals surface area contributed by atoms with Gasteiger partial charge in [0.1, 0.15) is 11.8 Å². The maximum atomic E-state index is 13.5. The van der Waals surface area contributed by atoms with Crippen molar-refractivity contribution in [3.8, 4) is 5.75 Å². The second-order valence-corrected chi connectivity index (χ2v) is 8.73. The molecule has 3 atom stereocenters. The lowest BCUT2D eigenvalue weighted by molar-refractivity contribution is -0.125. The number of carbonyl (C=O) groups excluding carboxylic acids is 2. The third kappa shape index (κ3) is 4.17. The average molecular weight is 413 g/mol. The Hall–Kier alpha value is -2.34. The van der Waals surface area contributed by atoms with Gasteiger partial charge in [0.2, 0.25) is 5.91 Å². The first-order chi connectivity index (χ1) is 14.2. The van der Waals surface area contributed by atoms with Crippen LogP contribution in [0.5, 0.6) is 5.75 Å². The smallest absolute Gasteiger partial charge is 0.258 e. The van der Waals surface area contributed by atoms with Crippen LogP contribution in [0.15, 0.2) is 41.1 Å². The highest BCUT2D eigenvalue weighted by Gasteiger charge is 2.47. The van der Waals surface area contributed by atoms with Crippen molar-refractivity contribution < 1.29 is 14.3 Å². The summed E-state index contributed by atoms with van der Waals surface area (Å²) in [6.07, 6.45) is 5.95. The van der Waals surface area contributed by atoms with E-state index < -0.39 is 6.04 Å². The zero-order valence-electron chi connectivity index (χ0n) is 16.8. The van der Waals surface area contributed by atoms with Crippen molar-refractivity contribution in [1.29, 1.82) is 0 Å². The van der Waals surface area contributed by atoms with Gasteiger partial charge in [-0.05, 0) is 66.1 Å². The van der Waals surface area contributed by atoms with E-state index in [1.165, 1.54) is 12.0 Å². The van der Waals surface area contributed by atoms with Gasteiger partial charge in [-0.25, -0.2) is 0 Å². The molecule has 2 amide bonds. The van der Waals surface area contributed by atoms with E-state index in [1.54, 1.807) is 30.6 Å². The summed E-state index contributed by atoms with van der Waals surface area (Å²) in [7, 11) is 1.58. The van der Waals surface area contributed by atoms with Gasteiger partial charge >= 0.3 is 0 Å². The summed E-state index contributed by atoms with van der Waals surface area (Å²) in [5.41, 5.74) is 1.77. The van der Waals surface area contributed by atoms with Gasteiger partial charge in [-0.1, -0.05) is 25.0 Å². The molecule has 2 fully saturated rings. The Morgan fingerprint density at radius 2 is 2.03 bits per heavy atom. The van der Waals surface area contributed by atoms with Gasteiger partial charge in [0.05, 0.1) is 12.7 Å². The third-order valence-electron chi connectivity index (χ3n) is 6.26. The van der Waals surface area contributed by atoms with Crippen molar-refractivity contribution in [2.45, 2.75) is 50.6 Å². The summed E-state index contributed by atoms with van der Waals surface area (Å²) in [6, 6.07) is 9.13. The largest absolute Gasteiger partial charge is 0.496 e. The van der Waals surface area contributed by atoms with Crippen molar-refractivity contribution in [1.82, 2.24) is 10.2 Å². The monoisotopic (exact) mass is 412 g/mol. The molecule has 2 heterocycles. The van der Waals surface area contributed by atoms with E-state index in [4.69, 9.17) is 4.74 Å². The Morgan fingerprint density at radius 3 is 2.83 bits per heavy atom. The summed E-state index contributed by atoms with van der Waals surface area (Å²) in [4.78, 5) is 28.5. The molecule has 1 N–H and O–H groups in total. The minimum Gasteiger partial charge on any atom is -0.496 e. The topological polar surface area (TPSA) is 58.6 Å². The number of nitrogens with one attached hydrogen (secondary N) is 1.